The Hall–Kier alpha value is -0.570. The molecule has 1 fully saturated rings. The van der Waals surface area contributed by atoms with Gasteiger partial charge in [-0.1, -0.05) is 6.92 Å². The molecule has 64 valence electrons. The molecule has 0 bridgehead atoms. The first-order valence-corrected chi connectivity index (χ1v) is 4.22. The lowest BCUT2D eigenvalue weighted by Crippen LogP contribution is -2.38. The number of primary amides is 1. The monoisotopic (exact) mass is 156 g/mol. The lowest BCUT2D eigenvalue weighted by molar-refractivity contribution is -0.123. The van der Waals surface area contributed by atoms with Crippen LogP contribution in [-0.2, 0) is 4.79 Å². The number of nitrogens with two attached hydrogens (primary N) is 1. The van der Waals surface area contributed by atoms with E-state index in [4.69, 9.17) is 5.73 Å². The first kappa shape index (κ1) is 8.53. The highest BCUT2D eigenvalue weighted by Crippen LogP contribution is 2.18. The number of hydrogen-bond donors (Lipinski definition) is 2. The summed E-state index contributed by atoms with van der Waals surface area (Å²) in [7, 11) is 0. The third-order valence-corrected chi connectivity index (χ3v) is 2.49. The van der Waals surface area contributed by atoms with Gasteiger partial charge in [0.15, 0.2) is 0 Å². The van der Waals surface area contributed by atoms with E-state index in [0.29, 0.717) is 5.92 Å². The summed E-state index contributed by atoms with van der Waals surface area (Å²) in [5, 5.41) is 3.26. The normalized spacial score (nSPS) is 27.9. The van der Waals surface area contributed by atoms with Gasteiger partial charge in [-0.05, 0) is 31.8 Å². The van der Waals surface area contributed by atoms with Gasteiger partial charge in [0.2, 0.25) is 5.91 Å². The van der Waals surface area contributed by atoms with E-state index in [-0.39, 0.29) is 11.8 Å². The third-order valence-electron chi connectivity index (χ3n) is 2.49. The second kappa shape index (κ2) is 3.72. The molecule has 0 aliphatic carbocycles. The van der Waals surface area contributed by atoms with E-state index in [9.17, 15) is 4.79 Å². The van der Waals surface area contributed by atoms with Crippen molar-refractivity contribution in [1.29, 1.82) is 0 Å². The van der Waals surface area contributed by atoms with Crippen molar-refractivity contribution in [2.24, 2.45) is 17.6 Å². The van der Waals surface area contributed by atoms with Crippen molar-refractivity contribution in [3.05, 3.63) is 0 Å². The quantitative estimate of drug-likeness (QED) is 0.596. The zero-order chi connectivity index (χ0) is 8.27. The maximum absolute atomic E-state index is 10.8. The molecule has 1 saturated heterocycles. The van der Waals surface area contributed by atoms with Crippen LogP contribution in [0.3, 0.4) is 0 Å². The van der Waals surface area contributed by atoms with E-state index in [2.05, 4.69) is 5.32 Å². The van der Waals surface area contributed by atoms with Crippen LogP contribution in [0.2, 0.25) is 0 Å². The minimum absolute atomic E-state index is 0.0304. The molecule has 1 unspecified atom stereocenters. The summed E-state index contributed by atoms with van der Waals surface area (Å²) in [6.07, 6.45) is 2.30. The van der Waals surface area contributed by atoms with E-state index in [1.54, 1.807) is 0 Å². The molecule has 1 heterocycles. The molecule has 0 spiro atoms. The van der Waals surface area contributed by atoms with Crippen LogP contribution in [0.1, 0.15) is 19.8 Å². The van der Waals surface area contributed by atoms with Gasteiger partial charge < -0.3 is 11.1 Å². The fourth-order valence-corrected chi connectivity index (χ4v) is 1.54. The van der Waals surface area contributed by atoms with Crippen molar-refractivity contribution in [2.75, 3.05) is 13.1 Å². The van der Waals surface area contributed by atoms with Gasteiger partial charge in [0.1, 0.15) is 0 Å². The largest absolute Gasteiger partial charge is 0.369 e. The molecule has 2 atom stereocenters. The molecule has 1 aliphatic heterocycles. The Morgan fingerprint density at radius 1 is 1.73 bits per heavy atom. The molecule has 0 radical (unpaired) electrons. The van der Waals surface area contributed by atoms with Gasteiger partial charge in [0, 0.05) is 5.92 Å². The zero-order valence-electron chi connectivity index (χ0n) is 6.97. The van der Waals surface area contributed by atoms with Gasteiger partial charge in [0.25, 0.3) is 0 Å². The average Bonchev–Trinajstić information content (AvgIpc) is 2.05. The number of piperidine rings is 1. The first-order valence-electron chi connectivity index (χ1n) is 4.22. The molecule has 3 nitrogen and oxygen atoms in total. The number of carbonyl (C=O) groups is 1. The molecule has 11 heavy (non-hydrogen) atoms. The van der Waals surface area contributed by atoms with Gasteiger partial charge in [-0.25, -0.2) is 0 Å². The van der Waals surface area contributed by atoms with Gasteiger partial charge >= 0.3 is 0 Å². The predicted molar refractivity (Wildman–Crippen MR) is 44.0 cm³/mol. The molecule has 3 N–H and O–H groups in total. The highest BCUT2D eigenvalue weighted by molar-refractivity contribution is 5.76. The Morgan fingerprint density at radius 2 is 2.45 bits per heavy atom. The number of carbonyl (C=O) groups excluding carboxylic acids is 1. The Kier molecular flexibility index (Phi) is 2.88. The summed E-state index contributed by atoms with van der Waals surface area (Å²) < 4.78 is 0. The van der Waals surface area contributed by atoms with Crippen LogP contribution in [0.25, 0.3) is 0 Å². The van der Waals surface area contributed by atoms with Crippen molar-refractivity contribution >= 4 is 5.91 Å². The van der Waals surface area contributed by atoms with Gasteiger partial charge in [-0.2, -0.15) is 0 Å². The van der Waals surface area contributed by atoms with E-state index in [1.807, 2.05) is 6.92 Å². The van der Waals surface area contributed by atoms with Crippen LogP contribution in [-0.4, -0.2) is 19.0 Å². The van der Waals surface area contributed by atoms with Crippen LogP contribution in [0.4, 0.5) is 0 Å². The molecule has 0 aromatic carbocycles. The van der Waals surface area contributed by atoms with Gasteiger partial charge in [0.05, 0.1) is 0 Å². The summed E-state index contributed by atoms with van der Waals surface area (Å²) in [4.78, 5) is 10.8. The average molecular weight is 156 g/mol. The fraction of sp³-hybridized carbons (Fsp3) is 0.875. The van der Waals surface area contributed by atoms with Crippen LogP contribution in [0.5, 0.6) is 0 Å². The summed E-state index contributed by atoms with van der Waals surface area (Å²) in [6.45, 7) is 3.95. The Labute approximate surface area is 67.3 Å². The van der Waals surface area contributed by atoms with Crippen molar-refractivity contribution in [2.45, 2.75) is 19.8 Å². The van der Waals surface area contributed by atoms with E-state index >= 15 is 0 Å². The van der Waals surface area contributed by atoms with Gasteiger partial charge in [-0.15, -0.1) is 0 Å². The first-order chi connectivity index (χ1) is 5.22. The molecule has 1 amide bonds. The van der Waals surface area contributed by atoms with Crippen LogP contribution in [0.15, 0.2) is 0 Å². The Morgan fingerprint density at radius 3 is 2.91 bits per heavy atom. The van der Waals surface area contributed by atoms with E-state index < -0.39 is 0 Å². The summed E-state index contributed by atoms with van der Waals surface area (Å²) in [5.74, 6) is 0.322. The molecule has 0 aromatic rings. The molecular formula is C8H16N2O. The third kappa shape index (κ3) is 2.19. The topological polar surface area (TPSA) is 55.1 Å². The fourth-order valence-electron chi connectivity index (χ4n) is 1.54. The Bertz CT molecular complexity index is 141. The lowest BCUT2D eigenvalue weighted by atomic mass is 9.87. The molecule has 1 rings (SSSR count). The van der Waals surface area contributed by atoms with Crippen molar-refractivity contribution in [3.63, 3.8) is 0 Å². The minimum atomic E-state index is -0.168. The summed E-state index contributed by atoms with van der Waals surface area (Å²) in [5.41, 5.74) is 5.20. The van der Waals surface area contributed by atoms with Crippen molar-refractivity contribution in [1.82, 2.24) is 5.32 Å². The van der Waals surface area contributed by atoms with Crippen LogP contribution >= 0.6 is 0 Å². The maximum Gasteiger partial charge on any atom is 0.220 e. The lowest BCUT2D eigenvalue weighted by Gasteiger charge is -2.26. The SMILES string of the molecule is CC(C(N)=O)[C@H]1CCCNC1. The van der Waals surface area contributed by atoms with Crippen LogP contribution in [0, 0.1) is 11.8 Å². The zero-order valence-corrected chi connectivity index (χ0v) is 6.97. The molecule has 3 heteroatoms. The number of rotatable bonds is 2. The second-order valence-corrected chi connectivity index (χ2v) is 3.30. The molecule has 0 aromatic heterocycles. The van der Waals surface area contributed by atoms with Crippen molar-refractivity contribution < 1.29 is 4.79 Å². The van der Waals surface area contributed by atoms with E-state index in [0.717, 1.165) is 19.5 Å². The molecular weight excluding hydrogens is 140 g/mol. The number of amides is 1. The molecule has 0 saturated carbocycles. The van der Waals surface area contributed by atoms with Crippen molar-refractivity contribution in [3.8, 4) is 0 Å². The predicted octanol–water partition coefficient (Wildman–Crippen LogP) is 0.107. The highest BCUT2D eigenvalue weighted by Gasteiger charge is 2.23. The standard InChI is InChI=1S/C8H16N2O/c1-6(8(9)11)7-3-2-4-10-5-7/h6-7,10H,2-5H2,1H3,(H2,9,11)/t6?,7-/m0/s1. The van der Waals surface area contributed by atoms with E-state index in [1.165, 1.54) is 6.42 Å². The van der Waals surface area contributed by atoms with Crippen LogP contribution < -0.4 is 11.1 Å². The number of nitrogens with one attached hydrogen (secondary N) is 1. The van der Waals surface area contributed by atoms with Gasteiger partial charge in [-0.3, -0.25) is 4.79 Å². The molecule has 1 aliphatic rings. The second-order valence-electron chi connectivity index (χ2n) is 3.30. The summed E-state index contributed by atoms with van der Waals surface area (Å²) >= 11 is 0. The number of hydrogen-bond acceptors (Lipinski definition) is 2. The highest BCUT2D eigenvalue weighted by atomic mass is 16.1. The Balaban J connectivity index is 2.38. The minimum Gasteiger partial charge on any atom is -0.369 e. The maximum atomic E-state index is 10.8. The smallest absolute Gasteiger partial charge is 0.220 e. The summed E-state index contributed by atoms with van der Waals surface area (Å²) in [6, 6.07) is 0.